The summed E-state index contributed by atoms with van der Waals surface area (Å²) in [7, 11) is 0. The van der Waals surface area contributed by atoms with Gasteiger partial charge in [-0.05, 0) is 55.3 Å². The molecule has 1 fully saturated rings. The number of hydrogen-bond donors (Lipinski definition) is 1. The van der Waals surface area contributed by atoms with Crippen LogP contribution in [0.5, 0.6) is 0 Å². The van der Waals surface area contributed by atoms with E-state index in [-0.39, 0.29) is 5.41 Å². The van der Waals surface area contributed by atoms with Crippen LogP contribution in [0.3, 0.4) is 0 Å². The van der Waals surface area contributed by atoms with E-state index in [0.717, 1.165) is 67.6 Å². The molecular formula is C16H23Cl2NO. The largest absolute Gasteiger partial charge is 0.381 e. The monoisotopic (exact) mass is 315 g/mol. The van der Waals surface area contributed by atoms with Gasteiger partial charge in [0.25, 0.3) is 0 Å². The average Bonchev–Trinajstić information content (AvgIpc) is 2.45. The lowest BCUT2D eigenvalue weighted by atomic mass is 9.75. The highest BCUT2D eigenvalue weighted by atomic mass is 35.5. The molecule has 0 amide bonds. The van der Waals surface area contributed by atoms with Crippen molar-refractivity contribution < 1.29 is 4.74 Å². The molecule has 0 unspecified atom stereocenters. The third kappa shape index (κ3) is 4.11. The van der Waals surface area contributed by atoms with Crippen molar-refractivity contribution in [3.05, 3.63) is 33.8 Å². The van der Waals surface area contributed by atoms with Crippen LogP contribution < -0.4 is 5.32 Å². The predicted octanol–water partition coefficient (Wildman–Crippen LogP) is 4.33. The minimum absolute atomic E-state index is 0.210. The van der Waals surface area contributed by atoms with E-state index in [4.69, 9.17) is 27.9 Å². The summed E-state index contributed by atoms with van der Waals surface area (Å²) in [4.78, 5) is 0. The summed E-state index contributed by atoms with van der Waals surface area (Å²) >= 11 is 12.7. The molecule has 20 heavy (non-hydrogen) atoms. The molecule has 0 spiro atoms. The molecule has 0 bridgehead atoms. The lowest BCUT2D eigenvalue weighted by Gasteiger charge is -2.38. The molecule has 1 aliphatic heterocycles. The van der Waals surface area contributed by atoms with Gasteiger partial charge < -0.3 is 10.1 Å². The summed E-state index contributed by atoms with van der Waals surface area (Å²) in [5.41, 5.74) is 1.29. The highest BCUT2D eigenvalue weighted by molar-refractivity contribution is 6.36. The lowest BCUT2D eigenvalue weighted by molar-refractivity contribution is 0.0150. The van der Waals surface area contributed by atoms with Gasteiger partial charge in [0.15, 0.2) is 0 Å². The van der Waals surface area contributed by atoms with Crippen molar-refractivity contribution in [2.45, 2.75) is 32.6 Å². The zero-order chi connectivity index (χ0) is 14.4. The molecule has 0 radical (unpaired) electrons. The number of ether oxygens (including phenoxy) is 1. The molecule has 112 valence electrons. The minimum atomic E-state index is 0.210. The summed E-state index contributed by atoms with van der Waals surface area (Å²) in [5.74, 6) is 0. The Morgan fingerprint density at radius 2 is 1.85 bits per heavy atom. The van der Waals surface area contributed by atoms with E-state index >= 15 is 0 Å². The fourth-order valence-electron chi connectivity index (χ4n) is 2.83. The van der Waals surface area contributed by atoms with Gasteiger partial charge in [-0.15, -0.1) is 0 Å². The van der Waals surface area contributed by atoms with Gasteiger partial charge in [-0.1, -0.05) is 36.2 Å². The molecule has 1 N–H and O–H groups in total. The van der Waals surface area contributed by atoms with E-state index in [1.807, 2.05) is 18.2 Å². The lowest BCUT2D eigenvalue weighted by Crippen LogP contribution is -2.41. The number of hydrogen-bond acceptors (Lipinski definition) is 2. The molecule has 2 rings (SSSR count). The maximum Gasteiger partial charge on any atom is 0.0471 e. The summed E-state index contributed by atoms with van der Waals surface area (Å²) in [6.45, 7) is 5.91. The van der Waals surface area contributed by atoms with Crippen LogP contribution in [0.4, 0.5) is 0 Å². The van der Waals surface area contributed by atoms with Crippen LogP contribution in [0.15, 0.2) is 18.2 Å². The molecule has 1 aromatic carbocycles. The van der Waals surface area contributed by atoms with Crippen LogP contribution in [0.25, 0.3) is 0 Å². The van der Waals surface area contributed by atoms with Gasteiger partial charge in [0.05, 0.1) is 0 Å². The first-order valence-electron chi connectivity index (χ1n) is 7.38. The second-order valence-corrected chi connectivity index (χ2v) is 6.48. The van der Waals surface area contributed by atoms with E-state index in [1.54, 1.807) is 0 Å². The van der Waals surface area contributed by atoms with Crippen molar-refractivity contribution in [1.29, 1.82) is 0 Å². The fourth-order valence-corrected chi connectivity index (χ4v) is 3.36. The third-order valence-corrected chi connectivity index (χ3v) is 4.80. The van der Waals surface area contributed by atoms with Gasteiger partial charge in [0.1, 0.15) is 0 Å². The summed E-state index contributed by atoms with van der Waals surface area (Å²) in [6, 6.07) is 5.75. The molecule has 0 saturated carbocycles. The SMILES string of the molecule is CCCNCC1(Cc2c(Cl)cccc2Cl)CCOCC1. The number of nitrogens with one attached hydrogen (secondary N) is 1. The van der Waals surface area contributed by atoms with Gasteiger partial charge in [0, 0.05) is 29.8 Å². The Kier molecular flexibility index (Phi) is 6.16. The number of halogens is 2. The van der Waals surface area contributed by atoms with Gasteiger partial charge in [-0.25, -0.2) is 0 Å². The molecule has 0 atom stereocenters. The van der Waals surface area contributed by atoms with Crippen molar-refractivity contribution in [1.82, 2.24) is 5.32 Å². The molecule has 1 aromatic rings. The highest BCUT2D eigenvalue weighted by Crippen LogP contribution is 2.38. The Bertz CT molecular complexity index is 410. The van der Waals surface area contributed by atoms with Crippen LogP contribution >= 0.6 is 23.2 Å². The summed E-state index contributed by atoms with van der Waals surface area (Å²) < 4.78 is 5.54. The molecule has 0 aliphatic carbocycles. The van der Waals surface area contributed by atoms with Crippen molar-refractivity contribution in [2.75, 3.05) is 26.3 Å². The molecule has 1 saturated heterocycles. The van der Waals surface area contributed by atoms with E-state index < -0.39 is 0 Å². The first kappa shape index (κ1) is 16.1. The van der Waals surface area contributed by atoms with Gasteiger partial charge in [0.2, 0.25) is 0 Å². The first-order valence-corrected chi connectivity index (χ1v) is 8.14. The number of rotatable bonds is 6. The zero-order valence-electron chi connectivity index (χ0n) is 12.1. The number of benzene rings is 1. The van der Waals surface area contributed by atoms with Gasteiger partial charge >= 0.3 is 0 Å². The first-order chi connectivity index (χ1) is 9.67. The van der Waals surface area contributed by atoms with Crippen LogP contribution in [0.2, 0.25) is 10.0 Å². The van der Waals surface area contributed by atoms with E-state index in [0.29, 0.717) is 0 Å². The predicted molar refractivity (Wildman–Crippen MR) is 85.8 cm³/mol. The molecular weight excluding hydrogens is 293 g/mol. The van der Waals surface area contributed by atoms with Crippen molar-refractivity contribution in [3.8, 4) is 0 Å². The zero-order valence-corrected chi connectivity index (χ0v) is 13.6. The summed E-state index contributed by atoms with van der Waals surface area (Å²) in [5, 5.41) is 5.12. The second kappa shape index (κ2) is 7.65. The van der Waals surface area contributed by atoms with Crippen LogP contribution in [0.1, 0.15) is 31.7 Å². The summed E-state index contributed by atoms with van der Waals surface area (Å²) in [6.07, 6.45) is 4.20. The fraction of sp³-hybridized carbons (Fsp3) is 0.625. The van der Waals surface area contributed by atoms with E-state index in [1.165, 1.54) is 0 Å². The van der Waals surface area contributed by atoms with Crippen LogP contribution in [0, 0.1) is 5.41 Å². The molecule has 1 heterocycles. The third-order valence-electron chi connectivity index (χ3n) is 4.09. The molecule has 2 nitrogen and oxygen atoms in total. The normalized spacial score (nSPS) is 18.1. The topological polar surface area (TPSA) is 21.3 Å². The maximum atomic E-state index is 6.34. The van der Waals surface area contributed by atoms with Crippen LogP contribution in [-0.2, 0) is 11.2 Å². The minimum Gasteiger partial charge on any atom is -0.381 e. The second-order valence-electron chi connectivity index (χ2n) is 5.67. The Labute approximate surface area is 131 Å². The molecule has 1 aliphatic rings. The van der Waals surface area contributed by atoms with Crippen molar-refractivity contribution in [3.63, 3.8) is 0 Å². The van der Waals surface area contributed by atoms with Crippen molar-refractivity contribution in [2.24, 2.45) is 5.41 Å². The standard InChI is InChI=1S/C16H23Cl2NO/c1-2-8-19-12-16(6-9-20-10-7-16)11-13-14(17)4-3-5-15(13)18/h3-5,19H,2,6-12H2,1H3. The quantitative estimate of drug-likeness (QED) is 0.789. The smallest absolute Gasteiger partial charge is 0.0471 e. The van der Waals surface area contributed by atoms with Crippen LogP contribution in [-0.4, -0.2) is 26.3 Å². The van der Waals surface area contributed by atoms with Crippen molar-refractivity contribution >= 4 is 23.2 Å². The highest BCUT2D eigenvalue weighted by Gasteiger charge is 2.33. The Balaban J connectivity index is 2.14. The molecule has 0 aromatic heterocycles. The Morgan fingerprint density at radius 1 is 1.20 bits per heavy atom. The molecule has 4 heteroatoms. The van der Waals surface area contributed by atoms with E-state index in [9.17, 15) is 0 Å². The maximum absolute atomic E-state index is 6.34. The van der Waals surface area contributed by atoms with Gasteiger partial charge in [-0.3, -0.25) is 0 Å². The Hall–Kier alpha value is -0.280. The van der Waals surface area contributed by atoms with Gasteiger partial charge in [-0.2, -0.15) is 0 Å². The average molecular weight is 316 g/mol. The van der Waals surface area contributed by atoms with E-state index in [2.05, 4.69) is 12.2 Å². The Morgan fingerprint density at radius 3 is 2.45 bits per heavy atom.